The maximum absolute atomic E-state index is 5.76. The number of hydrogen-bond donors (Lipinski definition) is 1. The Morgan fingerprint density at radius 3 is 2.86 bits per heavy atom. The standard InChI is InChI=1S/C17H21N3O/c1-4-9-18-16-11(2)12(3)19-17(20-16)14-10-21-15-8-6-5-7-13(14)15/h5-8,14H,4,9-10H2,1-3H3,(H,18,19,20). The molecule has 0 saturated heterocycles. The summed E-state index contributed by atoms with van der Waals surface area (Å²) in [5, 5.41) is 3.40. The summed E-state index contributed by atoms with van der Waals surface area (Å²) >= 11 is 0. The number of ether oxygens (including phenoxy) is 1. The predicted molar refractivity (Wildman–Crippen MR) is 84.1 cm³/mol. The fourth-order valence-corrected chi connectivity index (χ4v) is 2.60. The van der Waals surface area contributed by atoms with Crippen molar-refractivity contribution in [3.8, 4) is 5.75 Å². The highest BCUT2D eigenvalue weighted by Gasteiger charge is 2.28. The molecule has 1 aromatic heterocycles. The van der Waals surface area contributed by atoms with Gasteiger partial charge in [-0.15, -0.1) is 0 Å². The lowest BCUT2D eigenvalue weighted by molar-refractivity contribution is 0.339. The number of fused-ring (bicyclic) bond motifs is 1. The third-order valence-corrected chi connectivity index (χ3v) is 3.96. The number of aryl methyl sites for hydroxylation is 1. The zero-order valence-corrected chi connectivity index (χ0v) is 12.8. The van der Waals surface area contributed by atoms with Crippen LogP contribution in [0.3, 0.4) is 0 Å². The largest absolute Gasteiger partial charge is 0.492 e. The summed E-state index contributed by atoms with van der Waals surface area (Å²) in [6, 6.07) is 8.14. The van der Waals surface area contributed by atoms with Gasteiger partial charge in [-0.2, -0.15) is 0 Å². The first-order valence-corrected chi connectivity index (χ1v) is 7.51. The first-order chi connectivity index (χ1) is 10.2. The van der Waals surface area contributed by atoms with Crippen molar-refractivity contribution in [2.75, 3.05) is 18.5 Å². The second-order valence-corrected chi connectivity index (χ2v) is 5.47. The molecular weight excluding hydrogens is 262 g/mol. The van der Waals surface area contributed by atoms with E-state index in [1.54, 1.807) is 0 Å². The van der Waals surface area contributed by atoms with Gasteiger partial charge in [-0.05, 0) is 26.3 Å². The van der Waals surface area contributed by atoms with E-state index in [0.29, 0.717) is 6.61 Å². The monoisotopic (exact) mass is 283 g/mol. The number of nitrogens with one attached hydrogen (secondary N) is 1. The smallest absolute Gasteiger partial charge is 0.142 e. The summed E-state index contributed by atoms with van der Waals surface area (Å²) < 4.78 is 5.76. The van der Waals surface area contributed by atoms with Crippen LogP contribution in [0.2, 0.25) is 0 Å². The molecule has 1 aliphatic rings. The van der Waals surface area contributed by atoms with E-state index >= 15 is 0 Å². The Morgan fingerprint density at radius 1 is 1.24 bits per heavy atom. The lowest BCUT2D eigenvalue weighted by Crippen LogP contribution is -2.13. The van der Waals surface area contributed by atoms with Crippen LogP contribution in [0.1, 0.15) is 41.9 Å². The first kappa shape index (κ1) is 13.9. The molecule has 0 spiro atoms. The Labute approximate surface area is 125 Å². The lowest BCUT2D eigenvalue weighted by atomic mass is 10.0. The number of anilines is 1. The molecule has 0 amide bonds. The molecule has 110 valence electrons. The lowest BCUT2D eigenvalue weighted by Gasteiger charge is -2.14. The van der Waals surface area contributed by atoms with E-state index in [1.165, 1.54) is 5.56 Å². The van der Waals surface area contributed by atoms with Gasteiger partial charge >= 0.3 is 0 Å². The minimum Gasteiger partial charge on any atom is -0.492 e. The Bertz CT molecular complexity index is 654. The topological polar surface area (TPSA) is 47.0 Å². The number of nitrogens with zero attached hydrogens (tertiary/aromatic N) is 2. The van der Waals surface area contributed by atoms with Crippen LogP contribution >= 0.6 is 0 Å². The average molecular weight is 283 g/mol. The van der Waals surface area contributed by atoms with Crippen LogP contribution in [0.15, 0.2) is 24.3 Å². The molecular formula is C17H21N3O. The highest BCUT2D eigenvalue weighted by molar-refractivity contribution is 5.48. The third-order valence-electron chi connectivity index (χ3n) is 3.96. The molecule has 0 saturated carbocycles. The van der Waals surface area contributed by atoms with Crippen molar-refractivity contribution in [2.24, 2.45) is 0 Å². The number of hydrogen-bond acceptors (Lipinski definition) is 4. The predicted octanol–water partition coefficient (Wildman–Crippen LogP) is 3.44. The number of para-hydroxylation sites is 1. The quantitative estimate of drug-likeness (QED) is 0.933. The van der Waals surface area contributed by atoms with Gasteiger partial charge in [0.1, 0.15) is 24.0 Å². The van der Waals surface area contributed by atoms with Gasteiger partial charge in [0.25, 0.3) is 0 Å². The van der Waals surface area contributed by atoms with Crippen LogP contribution in [0.25, 0.3) is 0 Å². The summed E-state index contributed by atoms with van der Waals surface area (Å²) in [5.41, 5.74) is 3.34. The van der Waals surface area contributed by atoms with Gasteiger partial charge in [0, 0.05) is 23.4 Å². The van der Waals surface area contributed by atoms with Gasteiger partial charge in [-0.3, -0.25) is 0 Å². The molecule has 3 rings (SSSR count). The van der Waals surface area contributed by atoms with Crippen molar-refractivity contribution in [2.45, 2.75) is 33.1 Å². The first-order valence-electron chi connectivity index (χ1n) is 7.51. The molecule has 0 fully saturated rings. The molecule has 21 heavy (non-hydrogen) atoms. The molecule has 1 aromatic carbocycles. The highest BCUT2D eigenvalue weighted by Crippen LogP contribution is 2.37. The molecule has 4 nitrogen and oxygen atoms in total. The van der Waals surface area contributed by atoms with Crippen molar-refractivity contribution < 1.29 is 4.74 Å². The molecule has 1 aliphatic heterocycles. The van der Waals surface area contributed by atoms with Crippen molar-refractivity contribution >= 4 is 5.82 Å². The highest BCUT2D eigenvalue weighted by atomic mass is 16.5. The zero-order chi connectivity index (χ0) is 14.8. The van der Waals surface area contributed by atoms with Crippen LogP contribution in [0, 0.1) is 13.8 Å². The fourth-order valence-electron chi connectivity index (χ4n) is 2.60. The molecule has 0 aliphatic carbocycles. The third kappa shape index (κ3) is 2.58. The average Bonchev–Trinajstić information content (AvgIpc) is 2.92. The summed E-state index contributed by atoms with van der Waals surface area (Å²) in [4.78, 5) is 9.44. The van der Waals surface area contributed by atoms with Gasteiger partial charge in [0.2, 0.25) is 0 Å². The van der Waals surface area contributed by atoms with Crippen LogP contribution in [0.4, 0.5) is 5.82 Å². The van der Waals surface area contributed by atoms with E-state index in [1.807, 2.05) is 25.1 Å². The fraction of sp³-hybridized carbons (Fsp3) is 0.412. The Balaban J connectivity index is 1.98. The van der Waals surface area contributed by atoms with E-state index in [4.69, 9.17) is 14.7 Å². The number of benzene rings is 1. The zero-order valence-electron chi connectivity index (χ0n) is 12.8. The molecule has 2 heterocycles. The molecule has 2 aromatic rings. The van der Waals surface area contributed by atoms with Crippen LogP contribution in [-0.4, -0.2) is 23.1 Å². The Hall–Kier alpha value is -2.10. The molecule has 1 unspecified atom stereocenters. The summed E-state index contributed by atoms with van der Waals surface area (Å²) in [7, 11) is 0. The van der Waals surface area contributed by atoms with E-state index in [-0.39, 0.29) is 5.92 Å². The van der Waals surface area contributed by atoms with E-state index in [0.717, 1.165) is 41.6 Å². The van der Waals surface area contributed by atoms with Gasteiger partial charge in [0.15, 0.2) is 0 Å². The second-order valence-electron chi connectivity index (χ2n) is 5.47. The van der Waals surface area contributed by atoms with Crippen LogP contribution in [0.5, 0.6) is 5.75 Å². The molecule has 1 N–H and O–H groups in total. The van der Waals surface area contributed by atoms with Crippen LogP contribution < -0.4 is 10.1 Å². The normalized spacial score (nSPS) is 16.4. The number of rotatable bonds is 4. The maximum Gasteiger partial charge on any atom is 0.142 e. The molecule has 0 radical (unpaired) electrons. The van der Waals surface area contributed by atoms with Crippen molar-refractivity contribution in [3.05, 3.63) is 46.9 Å². The van der Waals surface area contributed by atoms with Crippen molar-refractivity contribution in [3.63, 3.8) is 0 Å². The van der Waals surface area contributed by atoms with Crippen LogP contribution in [-0.2, 0) is 0 Å². The van der Waals surface area contributed by atoms with Gasteiger partial charge < -0.3 is 10.1 Å². The van der Waals surface area contributed by atoms with E-state index in [2.05, 4.69) is 25.2 Å². The molecule has 4 heteroatoms. The summed E-state index contributed by atoms with van der Waals surface area (Å²) in [6.07, 6.45) is 1.08. The minimum atomic E-state index is 0.127. The van der Waals surface area contributed by atoms with Gasteiger partial charge in [-0.25, -0.2) is 9.97 Å². The SMILES string of the molecule is CCCNc1nc(C2COc3ccccc32)nc(C)c1C. The van der Waals surface area contributed by atoms with Gasteiger partial charge in [0.05, 0.1) is 5.92 Å². The maximum atomic E-state index is 5.76. The van der Waals surface area contributed by atoms with Crippen molar-refractivity contribution in [1.29, 1.82) is 0 Å². The van der Waals surface area contributed by atoms with Gasteiger partial charge in [-0.1, -0.05) is 25.1 Å². The Morgan fingerprint density at radius 2 is 2.05 bits per heavy atom. The van der Waals surface area contributed by atoms with E-state index < -0.39 is 0 Å². The molecule has 1 atom stereocenters. The Kier molecular flexibility index (Phi) is 3.78. The number of aromatic nitrogens is 2. The minimum absolute atomic E-state index is 0.127. The second kappa shape index (κ2) is 5.72. The summed E-state index contributed by atoms with van der Waals surface area (Å²) in [5.74, 6) is 2.88. The molecule has 0 bridgehead atoms. The van der Waals surface area contributed by atoms with Crippen molar-refractivity contribution in [1.82, 2.24) is 9.97 Å². The summed E-state index contributed by atoms with van der Waals surface area (Å²) in [6.45, 7) is 7.80. The van der Waals surface area contributed by atoms with E-state index in [9.17, 15) is 0 Å².